The first-order valence-corrected chi connectivity index (χ1v) is 4.12. The molecule has 0 aliphatic rings. The number of hydrogen-bond acceptors (Lipinski definition) is 3. The van der Waals surface area contributed by atoms with Crippen molar-refractivity contribution >= 4 is 5.78 Å². The normalized spacial score (nSPS) is 12.5. The molecule has 1 rings (SSSR count). The molecule has 1 aromatic carbocycles. The summed E-state index contributed by atoms with van der Waals surface area (Å²) in [4.78, 5) is 11.4. The van der Waals surface area contributed by atoms with Crippen molar-refractivity contribution in [3.63, 3.8) is 0 Å². The molecule has 1 atom stereocenters. The first-order valence-electron chi connectivity index (χ1n) is 4.12. The van der Waals surface area contributed by atoms with Crippen LogP contribution in [0.25, 0.3) is 0 Å². The van der Waals surface area contributed by atoms with Gasteiger partial charge in [-0.25, -0.2) is 0 Å². The fourth-order valence-electron chi connectivity index (χ4n) is 1.10. The van der Waals surface area contributed by atoms with Gasteiger partial charge in [-0.2, -0.15) is 0 Å². The molecule has 1 unspecified atom stereocenters. The van der Waals surface area contributed by atoms with E-state index in [9.17, 15) is 4.79 Å². The molecule has 0 bridgehead atoms. The van der Waals surface area contributed by atoms with Crippen molar-refractivity contribution in [1.29, 1.82) is 0 Å². The Morgan fingerprint density at radius 1 is 1.62 bits per heavy atom. The van der Waals surface area contributed by atoms with Crippen LogP contribution in [-0.2, 0) is 0 Å². The monoisotopic (exact) mass is 179 g/mol. The van der Waals surface area contributed by atoms with Crippen LogP contribution < -0.4 is 5.73 Å². The summed E-state index contributed by atoms with van der Waals surface area (Å²) in [6, 6.07) is 6.36. The Morgan fingerprint density at radius 2 is 2.31 bits per heavy atom. The lowest BCUT2D eigenvalue weighted by atomic mass is 10.0. The first-order chi connectivity index (χ1) is 6.15. The highest BCUT2D eigenvalue weighted by Gasteiger charge is 2.13. The van der Waals surface area contributed by atoms with Crippen LogP contribution in [0.15, 0.2) is 24.3 Å². The quantitative estimate of drug-likeness (QED) is 0.664. The van der Waals surface area contributed by atoms with Gasteiger partial charge >= 0.3 is 0 Å². The minimum atomic E-state index is -0.804. The first kappa shape index (κ1) is 9.89. The second-order valence-electron chi connectivity index (χ2n) is 3.02. The van der Waals surface area contributed by atoms with Gasteiger partial charge in [0, 0.05) is 5.56 Å². The minimum absolute atomic E-state index is 0.216. The molecule has 0 aliphatic carbocycles. The zero-order valence-corrected chi connectivity index (χ0v) is 7.53. The molecule has 0 heterocycles. The molecule has 13 heavy (non-hydrogen) atoms. The fraction of sp³-hybridized carbons (Fsp3) is 0.300. The summed E-state index contributed by atoms with van der Waals surface area (Å²) < 4.78 is 0. The lowest BCUT2D eigenvalue weighted by Gasteiger charge is -2.06. The molecule has 0 saturated carbocycles. The molecule has 0 amide bonds. The third-order valence-electron chi connectivity index (χ3n) is 1.84. The minimum Gasteiger partial charge on any atom is -0.394 e. The Kier molecular flexibility index (Phi) is 3.17. The predicted molar refractivity (Wildman–Crippen MR) is 50.6 cm³/mol. The molecule has 0 aliphatic heterocycles. The fourth-order valence-corrected chi connectivity index (χ4v) is 1.10. The number of rotatable bonds is 3. The maximum absolute atomic E-state index is 11.4. The van der Waals surface area contributed by atoms with E-state index in [1.54, 1.807) is 18.2 Å². The predicted octanol–water partition coefficient (Wildman–Crippen LogP) is 0.497. The van der Waals surface area contributed by atoms with E-state index in [2.05, 4.69) is 0 Å². The molecule has 70 valence electrons. The molecule has 3 heteroatoms. The summed E-state index contributed by atoms with van der Waals surface area (Å²) in [5.41, 5.74) is 6.97. The van der Waals surface area contributed by atoms with Crippen molar-refractivity contribution in [2.45, 2.75) is 13.0 Å². The summed E-state index contributed by atoms with van der Waals surface area (Å²) in [5.74, 6) is -0.216. The number of aryl methyl sites for hydroxylation is 1. The summed E-state index contributed by atoms with van der Waals surface area (Å²) >= 11 is 0. The molecule has 0 saturated heterocycles. The Balaban J connectivity index is 2.89. The van der Waals surface area contributed by atoms with Gasteiger partial charge in [-0.1, -0.05) is 23.8 Å². The Bertz CT molecular complexity index is 310. The van der Waals surface area contributed by atoms with E-state index < -0.39 is 6.04 Å². The molecule has 0 aromatic heterocycles. The van der Waals surface area contributed by atoms with Crippen LogP contribution in [0, 0.1) is 6.92 Å². The smallest absolute Gasteiger partial charge is 0.181 e. The summed E-state index contributed by atoms with van der Waals surface area (Å²) in [5, 5.41) is 8.69. The van der Waals surface area contributed by atoms with Crippen LogP contribution in [0.2, 0.25) is 0 Å². The third-order valence-corrected chi connectivity index (χ3v) is 1.84. The number of aliphatic hydroxyl groups is 1. The van der Waals surface area contributed by atoms with Gasteiger partial charge in [0.05, 0.1) is 12.6 Å². The molecular formula is C10H13NO2. The molecule has 1 aromatic rings. The van der Waals surface area contributed by atoms with E-state index in [0.29, 0.717) is 5.56 Å². The van der Waals surface area contributed by atoms with Crippen molar-refractivity contribution in [2.24, 2.45) is 5.73 Å². The van der Waals surface area contributed by atoms with Gasteiger partial charge in [0.15, 0.2) is 5.78 Å². The lowest BCUT2D eigenvalue weighted by molar-refractivity contribution is 0.0925. The number of benzene rings is 1. The average Bonchev–Trinajstić information content (AvgIpc) is 2.15. The lowest BCUT2D eigenvalue weighted by Crippen LogP contribution is -2.33. The van der Waals surface area contributed by atoms with Crippen molar-refractivity contribution in [2.75, 3.05) is 6.61 Å². The van der Waals surface area contributed by atoms with Crippen molar-refractivity contribution in [1.82, 2.24) is 0 Å². The zero-order valence-electron chi connectivity index (χ0n) is 7.53. The number of carbonyl (C=O) groups is 1. The number of carbonyl (C=O) groups excluding carboxylic acids is 1. The Labute approximate surface area is 77.2 Å². The largest absolute Gasteiger partial charge is 0.394 e. The van der Waals surface area contributed by atoms with Crippen molar-refractivity contribution < 1.29 is 9.90 Å². The van der Waals surface area contributed by atoms with Crippen LogP contribution in [0.5, 0.6) is 0 Å². The average molecular weight is 179 g/mol. The van der Waals surface area contributed by atoms with Gasteiger partial charge in [-0.3, -0.25) is 4.79 Å². The summed E-state index contributed by atoms with van der Waals surface area (Å²) in [6.45, 7) is 1.59. The van der Waals surface area contributed by atoms with Crippen LogP contribution in [-0.4, -0.2) is 23.5 Å². The SMILES string of the molecule is Cc1cccc(C(=O)C(N)CO)c1. The zero-order chi connectivity index (χ0) is 9.84. The van der Waals surface area contributed by atoms with Gasteiger partial charge < -0.3 is 10.8 Å². The molecule has 0 radical (unpaired) electrons. The number of nitrogens with two attached hydrogens (primary N) is 1. The standard InChI is InChI=1S/C10H13NO2/c1-7-3-2-4-8(5-7)10(13)9(11)6-12/h2-5,9,12H,6,11H2,1H3. The molecular weight excluding hydrogens is 166 g/mol. The van der Waals surface area contributed by atoms with Gasteiger partial charge in [0.25, 0.3) is 0 Å². The summed E-state index contributed by atoms with van der Waals surface area (Å²) in [7, 11) is 0. The van der Waals surface area contributed by atoms with Gasteiger partial charge in [-0.05, 0) is 13.0 Å². The van der Waals surface area contributed by atoms with Gasteiger partial charge in [0.2, 0.25) is 0 Å². The van der Waals surface area contributed by atoms with E-state index in [4.69, 9.17) is 10.8 Å². The van der Waals surface area contributed by atoms with Crippen molar-refractivity contribution in [3.05, 3.63) is 35.4 Å². The topological polar surface area (TPSA) is 63.3 Å². The number of ketones is 1. The van der Waals surface area contributed by atoms with E-state index in [-0.39, 0.29) is 12.4 Å². The highest BCUT2D eigenvalue weighted by atomic mass is 16.3. The second-order valence-corrected chi connectivity index (χ2v) is 3.02. The van der Waals surface area contributed by atoms with Crippen LogP contribution in [0.4, 0.5) is 0 Å². The molecule has 0 spiro atoms. The van der Waals surface area contributed by atoms with E-state index in [1.807, 2.05) is 13.0 Å². The molecule has 3 nitrogen and oxygen atoms in total. The van der Waals surface area contributed by atoms with E-state index in [1.165, 1.54) is 0 Å². The Hall–Kier alpha value is -1.19. The highest BCUT2D eigenvalue weighted by molar-refractivity contribution is 6.00. The molecule has 3 N–H and O–H groups in total. The molecule has 0 fully saturated rings. The number of hydrogen-bond donors (Lipinski definition) is 2. The van der Waals surface area contributed by atoms with Crippen LogP contribution in [0.1, 0.15) is 15.9 Å². The van der Waals surface area contributed by atoms with Crippen LogP contribution >= 0.6 is 0 Å². The maximum Gasteiger partial charge on any atom is 0.181 e. The van der Waals surface area contributed by atoms with E-state index in [0.717, 1.165) is 5.56 Å². The second kappa shape index (κ2) is 4.16. The van der Waals surface area contributed by atoms with E-state index >= 15 is 0 Å². The number of aliphatic hydroxyl groups excluding tert-OH is 1. The van der Waals surface area contributed by atoms with Gasteiger partial charge in [0.1, 0.15) is 0 Å². The highest BCUT2D eigenvalue weighted by Crippen LogP contribution is 2.05. The Morgan fingerprint density at radius 3 is 2.85 bits per heavy atom. The third kappa shape index (κ3) is 2.37. The maximum atomic E-state index is 11.4. The van der Waals surface area contributed by atoms with Crippen molar-refractivity contribution in [3.8, 4) is 0 Å². The van der Waals surface area contributed by atoms with Crippen LogP contribution in [0.3, 0.4) is 0 Å². The van der Waals surface area contributed by atoms with Gasteiger partial charge in [-0.15, -0.1) is 0 Å². The number of Topliss-reactive ketones (excluding diaryl/α,β-unsaturated/α-hetero) is 1. The summed E-state index contributed by atoms with van der Waals surface area (Å²) in [6.07, 6.45) is 0.